The van der Waals surface area contributed by atoms with Crippen LogP contribution in [0.2, 0.25) is 5.02 Å². The monoisotopic (exact) mass is 196 g/mol. The number of hydrogen-bond acceptors (Lipinski definition) is 2. The van der Waals surface area contributed by atoms with Gasteiger partial charge in [-0.1, -0.05) is 11.6 Å². The van der Waals surface area contributed by atoms with E-state index in [4.69, 9.17) is 16.7 Å². The molecule has 0 aliphatic rings. The number of hydrogen-bond donors (Lipinski definition) is 2. The van der Waals surface area contributed by atoms with Gasteiger partial charge in [0.25, 0.3) is 0 Å². The van der Waals surface area contributed by atoms with Crippen LogP contribution in [-0.2, 0) is 0 Å². The average molecular weight is 197 g/mol. The first kappa shape index (κ1) is 8.07. The van der Waals surface area contributed by atoms with Crippen LogP contribution in [0.15, 0.2) is 18.3 Å². The molecule has 0 radical (unpaired) electrons. The van der Waals surface area contributed by atoms with Crippen LogP contribution in [0.3, 0.4) is 0 Å². The second-order valence-electron chi connectivity index (χ2n) is 2.56. The van der Waals surface area contributed by atoms with Gasteiger partial charge in [-0.15, -0.1) is 0 Å². The van der Waals surface area contributed by atoms with Gasteiger partial charge in [-0.05, 0) is 12.1 Å². The van der Waals surface area contributed by atoms with E-state index >= 15 is 0 Å². The lowest BCUT2D eigenvalue weighted by molar-refractivity contribution is 0.0699. The van der Waals surface area contributed by atoms with Gasteiger partial charge in [0.05, 0.1) is 22.3 Å². The molecule has 1 heterocycles. The fourth-order valence-electron chi connectivity index (χ4n) is 1.18. The first-order chi connectivity index (χ1) is 6.20. The zero-order chi connectivity index (χ0) is 9.42. The second kappa shape index (κ2) is 2.74. The molecule has 1 aromatic heterocycles. The molecule has 0 saturated carbocycles. The van der Waals surface area contributed by atoms with Crippen LogP contribution in [0.1, 0.15) is 10.4 Å². The molecule has 4 nitrogen and oxygen atoms in total. The number of nitrogens with one attached hydrogen (secondary N) is 1. The van der Waals surface area contributed by atoms with E-state index in [1.54, 1.807) is 6.07 Å². The Kier molecular flexibility index (Phi) is 1.70. The van der Waals surface area contributed by atoms with Crippen LogP contribution in [0.25, 0.3) is 10.9 Å². The van der Waals surface area contributed by atoms with Crippen molar-refractivity contribution in [2.75, 3.05) is 0 Å². The third kappa shape index (κ3) is 1.15. The van der Waals surface area contributed by atoms with E-state index in [1.165, 1.54) is 12.3 Å². The summed E-state index contributed by atoms with van der Waals surface area (Å²) in [6, 6.07) is 2.99. The van der Waals surface area contributed by atoms with E-state index in [-0.39, 0.29) is 5.56 Å². The lowest BCUT2D eigenvalue weighted by Gasteiger charge is -1.97. The molecule has 0 spiro atoms. The quantitative estimate of drug-likeness (QED) is 0.732. The summed E-state index contributed by atoms with van der Waals surface area (Å²) in [5.74, 6) is -0.995. The van der Waals surface area contributed by atoms with Gasteiger partial charge in [0.15, 0.2) is 0 Å². The van der Waals surface area contributed by atoms with Crippen LogP contribution in [0, 0.1) is 0 Å². The molecule has 0 aliphatic heterocycles. The van der Waals surface area contributed by atoms with Gasteiger partial charge in [0.2, 0.25) is 0 Å². The molecule has 13 heavy (non-hydrogen) atoms. The highest BCUT2D eigenvalue weighted by molar-refractivity contribution is 6.35. The number of H-pyrrole nitrogens is 1. The van der Waals surface area contributed by atoms with E-state index < -0.39 is 5.97 Å². The lowest BCUT2D eigenvalue weighted by Crippen LogP contribution is -1.97. The number of aromatic carboxylic acids is 1. The molecule has 0 saturated heterocycles. The van der Waals surface area contributed by atoms with Gasteiger partial charge in [-0.2, -0.15) is 5.10 Å². The predicted octanol–water partition coefficient (Wildman–Crippen LogP) is 1.91. The van der Waals surface area contributed by atoms with Crippen LogP contribution in [0.5, 0.6) is 0 Å². The van der Waals surface area contributed by atoms with Crippen molar-refractivity contribution in [3.63, 3.8) is 0 Å². The van der Waals surface area contributed by atoms with Crippen molar-refractivity contribution in [1.82, 2.24) is 10.2 Å². The Balaban J connectivity index is 2.86. The summed E-state index contributed by atoms with van der Waals surface area (Å²) in [6.07, 6.45) is 1.50. The maximum absolute atomic E-state index is 10.7. The molecule has 0 unspecified atom stereocenters. The molecule has 2 rings (SSSR count). The number of benzene rings is 1. The van der Waals surface area contributed by atoms with Gasteiger partial charge >= 0.3 is 5.97 Å². The Morgan fingerprint density at radius 1 is 1.54 bits per heavy atom. The number of aromatic amines is 1. The number of halogens is 1. The van der Waals surface area contributed by atoms with Gasteiger partial charge in [-0.3, -0.25) is 5.10 Å². The fraction of sp³-hybridized carbons (Fsp3) is 0. The number of rotatable bonds is 1. The van der Waals surface area contributed by atoms with Crippen molar-refractivity contribution >= 4 is 28.5 Å². The number of carboxylic acids is 1. The van der Waals surface area contributed by atoms with E-state index in [0.717, 1.165) is 0 Å². The van der Waals surface area contributed by atoms with Crippen LogP contribution in [0.4, 0.5) is 0 Å². The van der Waals surface area contributed by atoms with E-state index in [9.17, 15) is 4.79 Å². The van der Waals surface area contributed by atoms with Crippen molar-refractivity contribution < 1.29 is 9.90 Å². The average Bonchev–Trinajstić information content (AvgIpc) is 2.53. The summed E-state index contributed by atoms with van der Waals surface area (Å²) in [5, 5.41) is 16.2. The van der Waals surface area contributed by atoms with Gasteiger partial charge in [-0.25, -0.2) is 4.79 Å². The maximum Gasteiger partial charge on any atom is 0.337 e. The molecular formula is C8H5ClN2O2. The fourth-order valence-corrected chi connectivity index (χ4v) is 1.39. The molecule has 0 aliphatic carbocycles. The summed E-state index contributed by atoms with van der Waals surface area (Å²) in [7, 11) is 0. The number of aromatic nitrogens is 2. The van der Waals surface area contributed by atoms with Crippen molar-refractivity contribution in [1.29, 1.82) is 0 Å². The first-order valence-corrected chi connectivity index (χ1v) is 3.93. The van der Waals surface area contributed by atoms with Crippen LogP contribution in [-0.4, -0.2) is 21.3 Å². The minimum absolute atomic E-state index is 0.178. The molecule has 2 aromatic rings. The Hall–Kier alpha value is -1.55. The number of nitrogens with zero attached hydrogens (tertiary/aromatic N) is 1. The maximum atomic E-state index is 10.7. The normalized spacial score (nSPS) is 10.5. The molecule has 2 N–H and O–H groups in total. The van der Waals surface area contributed by atoms with Gasteiger partial charge in [0, 0.05) is 5.39 Å². The van der Waals surface area contributed by atoms with E-state index in [1.807, 2.05) is 0 Å². The largest absolute Gasteiger partial charge is 0.478 e. The summed E-state index contributed by atoms with van der Waals surface area (Å²) < 4.78 is 0. The highest BCUT2D eigenvalue weighted by Gasteiger charge is 2.11. The summed E-state index contributed by atoms with van der Waals surface area (Å²) >= 11 is 5.82. The Bertz CT molecular complexity index is 478. The SMILES string of the molecule is O=C(O)c1ccc(Cl)c2cn[nH]c12. The smallest absolute Gasteiger partial charge is 0.337 e. The third-order valence-electron chi connectivity index (χ3n) is 1.79. The van der Waals surface area contributed by atoms with Crippen molar-refractivity contribution in [3.8, 4) is 0 Å². The highest BCUT2D eigenvalue weighted by Crippen LogP contribution is 2.24. The standard InChI is InChI=1S/C8H5ClN2O2/c9-6-2-1-4(8(12)13)7-5(6)3-10-11-7/h1-3H,(H,10,11)(H,12,13). The summed E-state index contributed by atoms with van der Waals surface area (Å²) in [6.45, 7) is 0. The Morgan fingerprint density at radius 3 is 3.00 bits per heavy atom. The van der Waals surface area contributed by atoms with Crippen molar-refractivity contribution in [2.24, 2.45) is 0 Å². The minimum Gasteiger partial charge on any atom is -0.478 e. The van der Waals surface area contributed by atoms with Crippen LogP contribution < -0.4 is 0 Å². The lowest BCUT2D eigenvalue weighted by atomic mass is 10.1. The second-order valence-corrected chi connectivity index (χ2v) is 2.97. The Morgan fingerprint density at radius 2 is 2.31 bits per heavy atom. The van der Waals surface area contributed by atoms with Crippen molar-refractivity contribution in [3.05, 3.63) is 28.9 Å². The molecule has 0 amide bonds. The Labute approximate surface area is 78.1 Å². The molecule has 66 valence electrons. The van der Waals surface area contributed by atoms with Gasteiger partial charge < -0.3 is 5.11 Å². The number of carbonyl (C=O) groups is 1. The number of fused-ring (bicyclic) bond motifs is 1. The van der Waals surface area contributed by atoms with Crippen LogP contribution >= 0.6 is 11.6 Å². The summed E-state index contributed by atoms with van der Waals surface area (Å²) in [4.78, 5) is 10.7. The zero-order valence-corrected chi connectivity index (χ0v) is 7.17. The van der Waals surface area contributed by atoms with E-state index in [0.29, 0.717) is 15.9 Å². The topological polar surface area (TPSA) is 66.0 Å². The summed E-state index contributed by atoms with van der Waals surface area (Å²) in [5.41, 5.74) is 0.636. The highest BCUT2D eigenvalue weighted by atomic mass is 35.5. The molecule has 1 aromatic carbocycles. The third-order valence-corrected chi connectivity index (χ3v) is 2.12. The molecule has 0 fully saturated rings. The van der Waals surface area contributed by atoms with E-state index in [2.05, 4.69) is 10.2 Å². The number of carboxylic acid groups (broad SMARTS) is 1. The predicted molar refractivity (Wildman–Crippen MR) is 48.1 cm³/mol. The minimum atomic E-state index is -0.995. The van der Waals surface area contributed by atoms with Crippen molar-refractivity contribution in [2.45, 2.75) is 0 Å². The molecule has 0 atom stereocenters. The first-order valence-electron chi connectivity index (χ1n) is 3.55. The molecular weight excluding hydrogens is 192 g/mol. The molecule has 0 bridgehead atoms. The van der Waals surface area contributed by atoms with Gasteiger partial charge in [0.1, 0.15) is 0 Å². The zero-order valence-electron chi connectivity index (χ0n) is 6.41. The molecule has 5 heteroatoms.